The molecule has 23 heavy (non-hydrogen) atoms. The molecule has 1 saturated carbocycles. The zero-order valence-electron chi connectivity index (χ0n) is 13.3. The van der Waals surface area contributed by atoms with E-state index in [9.17, 15) is 4.79 Å². The van der Waals surface area contributed by atoms with E-state index in [1.165, 1.54) is 12.8 Å². The molecule has 2 fully saturated rings. The van der Waals surface area contributed by atoms with E-state index in [4.69, 9.17) is 0 Å². The zero-order valence-corrected chi connectivity index (χ0v) is 13.3. The van der Waals surface area contributed by atoms with Crippen LogP contribution in [0.5, 0.6) is 0 Å². The molecule has 1 aromatic carbocycles. The minimum absolute atomic E-state index is 0.0352. The summed E-state index contributed by atoms with van der Waals surface area (Å²) in [5, 5.41) is 3.07. The van der Waals surface area contributed by atoms with Crippen LogP contribution in [0, 0.1) is 12.8 Å². The maximum absolute atomic E-state index is 12.5. The SMILES string of the molecule is Cc1ccc(NC(=O)N2CCC[C@H]3C[C@H]32)cc1-c1ccccn1. The number of pyridine rings is 1. The molecule has 2 atom stereocenters. The quantitative estimate of drug-likeness (QED) is 0.909. The number of benzene rings is 1. The first-order chi connectivity index (χ1) is 11.2. The Morgan fingerprint density at radius 3 is 3.04 bits per heavy atom. The number of anilines is 1. The summed E-state index contributed by atoms with van der Waals surface area (Å²) in [6.07, 6.45) is 5.38. The summed E-state index contributed by atoms with van der Waals surface area (Å²) in [4.78, 5) is 19.0. The largest absolute Gasteiger partial charge is 0.322 e. The number of rotatable bonds is 2. The molecule has 0 radical (unpaired) electrons. The van der Waals surface area contributed by atoms with E-state index in [1.54, 1.807) is 6.20 Å². The molecule has 1 aliphatic carbocycles. The highest BCUT2D eigenvalue weighted by Crippen LogP contribution is 2.43. The van der Waals surface area contributed by atoms with Gasteiger partial charge in [0.05, 0.1) is 5.69 Å². The van der Waals surface area contributed by atoms with Crippen molar-refractivity contribution < 1.29 is 4.79 Å². The first kappa shape index (κ1) is 14.2. The van der Waals surface area contributed by atoms with Crippen LogP contribution < -0.4 is 5.32 Å². The smallest absolute Gasteiger partial charge is 0.321 e. The average molecular weight is 307 g/mol. The van der Waals surface area contributed by atoms with Gasteiger partial charge in [0.25, 0.3) is 0 Å². The Morgan fingerprint density at radius 1 is 1.30 bits per heavy atom. The van der Waals surface area contributed by atoms with E-state index < -0.39 is 0 Å². The lowest BCUT2D eigenvalue weighted by Crippen LogP contribution is -2.40. The molecular formula is C19H21N3O. The highest BCUT2D eigenvalue weighted by Gasteiger charge is 2.45. The third-order valence-corrected chi connectivity index (χ3v) is 4.95. The number of piperidine rings is 1. The fourth-order valence-corrected chi connectivity index (χ4v) is 3.56. The summed E-state index contributed by atoms with van der Waals surface area (Å²) < 4.78 is 0. The maximum atomic E-state index is 12.5. The number of carbonyl (C=O) groups is 1. The van der Waals surface area contributed by atoms with E-state index in [-0.39, 0.29) is 6.03 Å². The minimum Gasteiger partial charge on any atom is -0.321 e. The van der Waals surface area contributed by atoms with E-state index >= 15 is 0 Å². The van der Waals surface area contributed by atoms with E-state index in [2.05, 4.69) is 17.2 Å². The molecule has 0 spiro atoms. The van der Waals surface area contributed by atoms with Gasteiger partial charge in [-0.25, -0.2) is 4.79 Å². The van der Waals surface area contributed by atoms with Crippen LogP contribution >= 0.6 is 0 Å². The van der Waals surface area contributed by atoms with Crippen molar-refractivity contribution >= 4 is 11.7 Å². The predicted molar refractivity (Wildman–Crippen MR) is 91.3 cm³/mol. The summed E-state index contributed by atoms with van der Waals surface area (Å²) in [5.74, 6) is 0.747. The molecule has 2 aliphatic rings. The van der Waals surface area contributed by atoms with Crippen LogP contribution in [-0.4, -0.2) is 28.5 Å². The van der Waals surface area contributed by atoms with Crippen molar-refractivity contribution in [2.45, 2.75) is 32.2 Å². The number of nitrogens with zero attached hydrogens (tertiary/aromatic N) is 2. The minimum atomic E-state index is 0.0352. The number of aryl methyl sites for hydroxylation is 1. The molecule has 2 heterocycles. The van der Waals surface area contributed by atoms with Crippen LogP contribution in [0.2, 0.25) is 0 Å². The summed E-state index contributed by atoms with van der Waals surface area (Å²) in [5.41, 5.74) is 3.98. The Morgan fingerprint density at radius 2 is 2.22 bits per heavy atom. The number of amides is 2. The molecule has 0 bridgehead atoms. The van der Waals surface area contributed by atoms with Gasteiger partial charge in [0.15, 0.2) is 0 Å². The second-order valence-corrected chi connectivity index (χ2v) is 6.57. The molecule has 1 saturated heterocycles. The van der Waals surface area contributed by atoms with Crippen molar-refractivity contribution in [3.8, 4) is 11.3 Å². The summed E-state index contributed by atoms with van der Waals surface area (Å²) in [7, 11) is 0. The number of nitrogens with one attached hydrogen (secondary N) is 1. The molecule has 2 aromatic rings. The second kappa shape index (κ2) is 5.69. The third-order valence-electron chi connectivity index (χ3n) is 4.95. The lowest BCUT2D eigenvalue weighted by molar-refractivity contribution is 0.195. The number of carbonyl (C=O) groups excluding carboxylic acids is 1. The summed E-state index contributed by atoms with van der Waals surface area (Å²) in [6, 6.07) is 12.4. The molecule has 1 aliphatic heterocycles. The van der Waals surface area contributed by atoms with Crippen molar-refractivity contribution in [2.75, 3.05) is 11.9 Å². The highest BCUT2D eigenvalue weighted by atomic mass is 16.2. The van der Waals surface area contributed by atoms with Crippen molar-refractivity contribution in [1.29, 1.82) is 0 Å². The van der Waals surface area contributed by atoms with Crippen LogP contribution in [0.3, 0.4) is 0 Å². The molecular weight excluding hydrogens is 286 g/mol. The van der Waals surface area contributed by atoms with Gasteiger partial charge in [0.2, 0.25) is 0 Å². The van der Waals surface area contributed by atoms with Gasteiger partial charge in [-0.2, -0.15) is 0 Å². The van der Waals surface area contributed by atoms with Gasteiger partial charge in [-0.3, -0.25) is 4.98 Å². The molecule has 0 unspecified atom stereocenters. The zero-order chi connectivity index (χ0) is 15.8. The van der Waals surface area contributed by atoms with Gasteiger partial charge in [-0.1, -0.05) is 12.1 Å². The standard InChI is InChI=1S/C19H21N3O/c1-13-7-8-15(12-16(13)17-6-2-3-9-20-17)21-19(23)22-10-4-5-14-11-18(14)22/h2-3,6-9,12,14,18H,4-5,10-11H2,1H3,(H,21,23)/t14-,18+/m0/s1. The van der Waals surface area contributed by atoms with E-state index in [1.807, 2.05) is 41.3 Å². The number of likely N-dealkylation sites (tertiary alicyclic amines) is 1. The van der Waals surface area contributed by atoms with Crippen molar-refractivity contribution in [3.05, 3.63) is 48.2 Å². The topological polar surface area (TPSA) is 45.2 Å². The fraction of sp³-hybridized carbons (Fsp3) is 0.368. The second-order valence-electron chi connectivity index (χ2n) is 6.57. The van der Waals surface area contributed by atoms with Crippen LogP contribution in [0.15, 0.2) is 42.6 Å². The molecule has 4 heteroatoms. The lowest BCUT2D eigenvalue weighted by Gasteiger charge is -2.27. The molecule has 118 valence electrons. The lowest BCUT2D eigenvalue weighted by atomic mass is 10.0. The Bertz CT molecular complexity index is 729. The van der Waals surface area contributed by atoms with Gasteiger partial charge in [-0.15, -0.1) is 0 Å². The first-order valence-corrected chi connectivity index (χ1v) is 8.32. The number of urea groups is 1. The van der Waals surface area contributed by atoms with Crippen molar-refractivity contribution in [2.24, 2.45) is 5.92 Å². The van der Waals surface area contributed by atoms with Gasteiger partial charge in [0, 0.05) is 30.0 Å². The van der Waals surface area contributed by atoms with Crippen molar-refractivity contribution in [1.82, 2.24) is 9.88 Å². The maximum Gasteiger partial charge on any atom is 0.322 e. The number of aromatic nitrogens is 1. The average Bonchev–Trinajstić information content (AvgIpc) is 3.37. The molecule has 4 nitrogen and oxygen atoms in total. The molecule has 1 N–H and O–H groups in total. The van der Waals surface area contributed by atoms with Crippen LogP contribution in [0.25, 0.3) is 11.3 Å². The number of hydrogen-bond donors (Lipinski definition) is 1. The Kier molecular flexibility index (Phi) is 3.52. The van der Waals surface area contributed by atoms with Gasteiger partial charge >= 0.3 is 6.03 Å². The van der Waals surface area contributed by atoms with Crippen LogP contribution in [0.4, 0.5) is 10.5 Å². The van der Waals surface area contributed by atoms with E-state index in [0.717, 1.165) is 41.4 Å². The Hall–Kier alpha value is -2.36. The molecule has 1 aromatic heterocycles. The fourth-order valence-electron chi connectivity index (χ4n) is 3.56. The van der Waals surface area contributed by atoms with Gasteiger partial charge in [-0.05, 0) is 61.9 Å². The molecule has 4 rings (SSSR count). The van der Waals surface area contributed by atoms with Crippen molar-refractivity contribution in [3.63, 3.8) is 0 Å². The molecule has 2 amide bonds. The number of hydrogen-bond acceptors (Lipinski definition) is 2. The monoisotopic (exact) mass is 307 g/mol. The first-order valence-electron chi connectivity index (χ1n) is 8.32. The third kappa shape index (κ3) is 2.81. The van der Waals surface area contributed by atoms with E-state index in [0.29, 0.717) is 6.04 Å². The van der Waals surface area contributed by atoms with Crippen LogP contribution in [0.1, 0.15) is 24.8 Å². The summed E-state index contributed by atoms with van der Waals surface area (Å²) >= 11 is 0. The summed E-state index contributed by atoms with van der Waals surface area (Å²) in [6.45, 7) is 2.95. The number of fused-ring (bicyclic) bond motifs is 1. The highest BCUT2D eigenvalue weighted by molar-refractivity contribution is 5.91. The normalized spacial score (nSPS) is 22.4. The van der Waals surface area contributed by atoms with Gasteiger partial charge < -0.3 is 10.2 Å². The van der Waals surface area contributed by atoms with Gasteiger partial charge in [0.1, 0.15) is 0 Å². The predicted octanol–water partition coefficient (Wildman–Crippen LogP) is 4.07. The van der Waals surface area contributed by atoms with Crippen LogP contribution in [-0.2, 0) is 0 Å². The Labute approximate surface area is 136 Å². The Balaban J connectivity index is 1.54.